The van der Waals surface area contributed by atoms with Gasteiger partial charge in [-0.1, -0.05) is 0 Å². The van der Waals surface area contributed by atoms with Crippen molar-refractivity contribution in [2.45, 2.75) is 30.9 Å². The summed E-state index contributed by atoms with van der Waals surface area (Å²) in [6, 6.07) is -0.582. The van der Waals surface area contributed by atoms with Gasteiger partial charge in [0.15, 0.2) is 6.29 Å². The van der Waals surface area contributed by atoms with Crippen LogP contribution in [0.15, 0.2) is 15.8 Å². The van der Waals surface area contributed by atoms with E-state index in [1.54, 1.807) is 6.92 Å². The van der Waals surface area contributed by atoms with Crippen LogP contribution in [0.4, 0.5) is 0 Å². The van der Waals surface area contributed by atoms with E-state index in [-0.39, 0.29) is 12.0 Å². The molecule has 1 aromatic rings. The van der Waals surface area contributed by atoms with E-state index in [2.05, 4.69) is 0 Å². The van der Waals surface area contributed by atoms with Crippen molar-refractivity contribution in [1.29, 1.82) is 0 Å². The molecule has 126 valence electrons. The first kappa shape index (κ1) is 19.9. The zero-order chi connectivity index (χ0) is 18.5. The molecule has 9 nitrogen and oxygen atoms in total. The molecule has 0 aliphatic heterocycles. The minimum Gasteiger partial charge on any atom is -0.476 e. The lowest BCUT2D eigenvalue weighted by Gasteiger charge is -2.36. The summed E-state index contributed by atoms with van der Waals surface area (Å²) in [6.07, 6.45) is 0.508. The van der Waals surface area contributed by atoms with E-state index >= 15 is 0 Å². The predicted octanol–water partition coefficient (Wildman–Crippen LogP) is -2.19. The molecule has 0 bridgehead atoms. The smallest absolute Gasteiger partial charge is 0.328 e. The number of nitrogens with one attached hydrogen (secondary N) is 1. The van der Waals surface area contributed by atoms with Gasteiger partial charge in [0.25, 0.3) is 5.56 Å². The standard InChI is InChI=1S/C13H17B2N3O6/c1-7(18-5-8(6-19)11(21)17-12(18)22)3-9(23-2)13(14,15)24-10(20)4-16/h5-7,9H,3-4,16H2,1-2H3,(H,17,21,22). The molecule has 11 heteroatoms. The normalized spacial score (nSPS) is 14.0. The number of carbonyl (C=O) groups is 2. The number of aldehydes is 1. The van der Waals surface area contributed by atoms with Crippen LogP contribution >= 0.6 is 0 Å². The Morgan fingerprint density at radius 3 is 2.62 bits per heavy atom. The summed E-state index contributed by atoms with van der Waals surface area (Å²) in [5, 5.41) is -1.97. The quantitative estimate of drug-likeness (QED) is 0.313. The number of H-pyrrole nitrogens is 1. The van der Waals surface area contributed by atoms with Crippen LogP contribution in [0.3, 0.4) is 0 Å². The van der Waals surface area contributed by atoms with Gasteiger partial charge in [-0.15, -0.1) is 0 Å². The van der Waals surface area contributed by atoms with Crippen molar-refractivity contribution in [3.8, 4) is 0 Å². The second-order valence-corrected chi connectivity index (χ2v) is 5.21. The fraction of sp³-hybridized carbons (Fsp3) is 0.538. The van der Waals surface area contributed by atoms with E-state index in [1.165, 1.54) is 7.11 Å². The van der Waals surface area contributed by atoms with Crippen molar-refractivity contribution in [1.82, 2.24) is 9.55 Å². The summed E-state index contributed by atoms with van der Waals surface area (Å²) < 4.78 is 11.1. The topological polar surface area (TPSA) is 133 Å². The lowest BCUT2D eigenvalue weighted by Crippen LogP contribution is -2.50. The van der Waals surface area contributed by atoms with Crippen LogP contribution in [-0.4, -0.2) is 62.7 Å². The van der Waals surface area contributed by atoms with Crippen molar-refractivity contribution in [3.05, 3.63) is 32.6 Å². The Morgan fingerprint density at radius 1 is 1.50 bits per heavy atom. The molecule has 0 amide bonds. The van der Waals surface area contributed by atoms with Crippen molar-refractivity contribution < 1.29 is 19.1 Å². The Hall–Kier alpha value is -2.13. The maximum atomic E-state index is 11.9. The lowest BCUT2D eigenvalue weighted by atomic mass is 9.60. The number of methoxy groups -OCH3 is 1. The number of aromatic nitrogens is 2. The van der Waals surface area contributed by atoms with Crippen molar-refractivity contribution in [2.75, 3.05) is 13.7 Å². The molecule has 0 aromatic carbocycles. The molecule has 0 aliphatic carbocycles. The Bertz CT molecular complexity index is 714. The van der Waals surface area contributed by atoms with Crippen LogP contribution in [0, 0.1) is 0 Å². The van der Waals surface area contributed by atoms with E-state index in [0.717, 1.165) is 10.8 Å². The number of esters is 1. The number of aromatic amines is 1. The number of ether oxygens (including phenoxy) is 2. The Balaban J connectivity index is 3.05. The zero-order valence-corrected chi connectivity index (χ0v) is 13.4. The minimum absolute atomic E-state index is 0.0472. The van der Waals surface area contributed by atoms with Gasteiger partial charge >= 0.3 is 11.7 Å². The van der Waals surface area contributed by atoms with Gasteiger partial charge in [-0.2, -0.15) is 0 Å². The first-order valence-electron chi connectivity index (χ1n) is 6.99. The molecule has 24 heavy (non-hydrogen) atoms. The minimum atomic E-state index is -1.97. The summed E-state index contributed by atoms with van der Waals surface area (Å²) in [7, 11) is 12.8. The summed E-state index contributed by atoms with van der Waals surface area (Å²) >= 11 is 0. The number of carbonyl (C=O) groups excluding carboxylic acids is 2. The van der Waals surface area contributed by atoms with Crippen molar-refractivity contribution in [2.24, 2.45) is 5.73 Å². The second-order valence-electron chi connectivity index (χ2n) is 5.21. The van der Waals surface area contributed by atoms with E-state index < -0.39 is 41.3 Å². The fourth-order valence-corrected chi connectivity index (χ4v) is 2.10. The summed E-state index contributed by atoms with van der Waals surface area (Å²) in [5.74, 6) is -0.820. The molecule has 2 unspecified atom stereocenters. The van der Waals surface area contributed by atoms with E-state index in [9.17, 15) is 19.2 Å². The number of hydrogen-bond acceptors (Lipinski definition) is 7. The van der Waals surface area contributed by atoms with Gasteiger partial charge in [0, 0.05) is 19.3 Å². The molecule has 4 radical (unpaired) electrons. The highest BCUT2D eigenvalue weighted by Crippen LogP contribution is 2.21. The molecule has 0 saturated heterocycles. The number of hydrogen-bond donors (Lipinski definition) is 2. The summed E-state index contributed by atoms with van der Waals surface area (Å²) in [5.41, 5.74) is 3.43. The fourth-order valence-electron chi connectivity index (χ4n) is 2.10. The SMILES string of the molecule is [B]C([B])(OC(=O)CN)C(CC(C)n1cc(C=O)c(=O)[nH]c1=O)OC. The Morgan fingerprint density at radius 2 is 2.12 bits per heavy atom. The monoisotopic (exact) mass is 333 g/mol. The maximum Gasteiger partial charge on any atom is 0.328 e. The molecule has 0 spiro atoms. The van der Waals surface area contributed by atoms with Gasteiger partial charge < -0.3 is 15.2 Å². The van der Waals surface area contributed by atoms with Gasteiger partial charge in [-0.3, -0.25) is 23.9 Å². The lowest BCUT2D eigenvalue weighted by molar-refractivity contribution is -0.152. The van der Waals surface area contributed by atoms with Gasteiger partial charge in [0.05, 0.1) is 23.6 Å². The molecular formula is C13H17B2N3O6. The molecular weight excluding hydrogens is 316 g/mol. The highest BCUT2D eigenvalue weighted by Gasteiger charge is 2.33. The number of nitrogens with two attached hydrogens (primary N) is 1. The van der Waals surface area contributed by atoms with Crippen LogP contribution in [-0.2, 0) is 14.3 Å². The molecule has 0 aliphatic rings. The first-order valence-corrected chi connectivity index (χ1v) is 6.99. The molecule has 1 aromatic heterocycles. The van der Waals surface area contributed by atoms with E-state index in [1.807, 2.05) is 4.98 Å². The Labute approximate surface area is 140 Å². The van der Waals surface area contributed by atoms with Crippen LogP contribution in [0.5, 0.6) is 0 Å². The maximum absolute atomic E-state index is 11.9. The summed E-state index contributed by atoms with van der Waals surface area (Å²) in [4.78, 5) is 47.4. The third-order valence-electron chi connectivity index (χ3n) is 3.40. The largest absolute Gasteiger partial charge is 0.476 e. The number of nitrogens with zero attached hydrogens (tertiary/aromatic N) is 1. The third kappa shape index (κ3) is 4.68. The number of rotatable bonds is 8. The van der Waals surface area contributed by atoms with E-state index in [4.69, 9.17) is 30.9 Å². The molecule has 1 rings (SSSR count). The molecule has 0 fully saturated rings. The zero-order valence-electron chi connectivity index (χ0n) is 13.4. The van der Waals surface area contributed by atoms with Gasteiger partial charge in [0.2, 0.25) is 0 Å². The molecule has 2 atom stereocenters. The van der Waals surface area contributed by atoms with Crippen LogP contribution in [0.1, 0.15) is 29.7 Å². The van der Waals surface area contributed by atoms with Crippen molar-refractivity contribution >= 4 is 27.9 Å². The average molecular weight is 333 g/mol. The first-order chi connectivity index (χ1) is 11.2. The Kier molecular flexibility index (Phi) is 6.73. The van der Waals surface area contributed by atoms with Gasteiger partial charge in [-0.25, -0.2) is 4.79 Å². The van der Waals surface area contributed by atoms with E-state index in [0.29, 0.717) is 6.29 Å². The molecule has 0 saturated carbocycles. The highest BCUT2D eigenvalue weighted by molar-refractivity contribution is 6.40. The van der Waals surface area contributed by atoms with Crippen molar-refractivity contribution in [3.63, 3.8) is 0 Å². The predicted molar refractivity (Wildman–Crippen MR) is 86.2 cm³/mol. The highest BCUT2D eigenvalue weighted by atomic mass is 16.6. The third-order valence-corrected chi connectivity index (χ3v) is 3.40. The van der Waals surface area contributed by atoms with Crippen LogP contribution in [0.2, 0.25) is 0 Å². The van der Waals surface area contributed by atoms with Crippen LogP contribution in [0.25, 0.3) is 0 Å². The van der Waals surface area contributed by atoms with Crippen LogP contribution < -0.4 is 17.0 Å². The second kappa shape index (κ2) is 8.11. The molecule has 1 heterocycles. The van der Waals surface area contributed by atoms with Gasteiger partial charge in [0.1, 0.15) is 15.7 Å². The summed E-state index contributed by atoms with van der Waals surface area (Å²) in [6.45, 7) is 1.20. The molecule has 3 N–H and O–H groups in total. The van der Waals surface area contributed by atoms with Gasteiger partial charge in [-0.05, 0) is 13.3 Å². The average Bonchev–Trinajstić information content (AvgIpc) is 2.51.